The molecule has 78 valence electrons. The molecule has 0 fully saturated rings. The third-order valence-corrected chi connectivity index (χ3v) is 3.22. The normalized spacial score (nSPS) is 12.9. The average Bonchev–Trinajstić information content (AvgIpc) is 2.09. The zero-order valence-electron chi connectivity index (χ0n) is 9.52. The standard InChI is InChI=1S/C13H19Br/c1-9-7-11(3)13(8-10(9)2)6-5-12(4)14/h7-8,12H,5-6H2,1-4H3. The van der Waals surface area contributed by atoms with E-state index in [1.807, 2.05) is 0 Å². The van der Waals surface area contributed by atoms with Gasteiger partial charge >= 0.3 is 0 Å². The van der Waals surface area contributed by atoms with Gasteiger partial charge in [-0.25, -0.2) is 0 Å². The Labute approximate surface area is 95.9 Å². The summed E-state index contributed by atoms with van der Waals surface area (Å²) < 4.78 is 0. The molecule has 0 saturated heterocycles. The van der Waals surface area contributed by atoms with Crippen molar-refractivity contribution in [2.24, 2.45) is 0 Å². The van der Waals surface area contributed by atoms with Crippen LogP contribution in [0.25, 0.3) is 0 Å². The van der Waals surface area contributed by atoms with E-state index in [-0.39, 0.29) is 0 Å². The Morgan fingerprint density at radius 3 is 2.21 bits per heavy atom. The second kappa shape index (κ2) is 4.97. The highest BCUT2D eigenvalue weighted by Gasteiger charge is 2.03. The molecule has 0 nitrogen and oxygen atoms in total. The first-order valence-electron chi connectivity index (χ1n) is 5.21. The van der Waals surface area contributed by atoms with Crippen molar-refractivity contribution < 1.29 is 0 Å². The highest BCUT2D eigenvalue weighted by atomic mass is 79.9. The van der Waals surface area contributed by atoms with Crippen molar-refractivity contribution in [1.82, 2.24) is 0 Å². The molecule has 0 aliphatic carbocycles. The Morgan fingerprint density at radius 2 is 1.64 bits per heavy atom. The van der Waals surface area contributed by atoms with E-state index in [2.05, 4.69) is 55.8 Å². The van der Waals surface area contributed by atoms with Crippen LogP contribution in [0.3, 0.4) is 0 Å². The van der Waals surface area contributed by atoms with E-state index in [4.69, 9.17) is 0 Å². The highest BCUT2D eigenvalue weighted by molar-refractivity contribution is 9.09. The van der Waals surface area contributed by atoms with Crippen molar-refractivity contribution in [3.8, 4) is 0 Å². The van der Waals surface area contributed by atoms with Crippen molar-refractivity contribution >= 4 is 15.9 Å². The lowest BCUT2D eigenvalue weighted by Gasteiger charge is -2.10. The monoisotopic (exact) mass is 254 g/mol. The topological polar surface area (TPSA) is 0 Å². The molecule has 1 atom stereocenters. The molecule has 1 heteroatoms. The van der Waals surface area contributed by atoms with Crippen LogP contribution < -0.4 is 0 Å². The molecular weight excluding hydrogens is 236 g/mol. The van der Waals surface area contributed by atoms with Crippen molar-refractivity contribution in [3.63, 3.8) is 0 Å². The number of hydrogen-bond donors (Lipinski definition) is 0. The lowest BCUT2D eigenvalue weighted by atomic mass is 9.97. The second-order valence-corrected chi connectivity index (χ2v) is 5.75. The highest BCUT2D eigenvalue weighted by Crippen LogP contribution is 2.18. The minimum atomic E-state index is 0.614. The van der Waals surface area contributed by atoms with Crippen molar-refractivity contribution in [3.05, 3.63) is 34.4 Å². The van der Waals surface area contributed by atoms with Crippen molar-refractivity contribution in [2.75, 3.05) is 0 Å². The Balaban J connectivity index is 2.82. The SMILES string of the molecule is Cc1cc(C)c(CCC(C)Br)cc1C. The Morgan fingerprint density at radius 1 is 1.07 bits per heavy atom. The number of hydrogen-bond acceptors (Lipinski definition) is 0. The number of halogens is 1. The molecule has 0 amide bonds. The van der Waals surface area contributed by atoms with Crippen LogP contribution in [0.4, 0.5) is 0 Å². The Kier molecular flexibility index (Phi) is 4.18. The van der Waals surface area contributed by atoms with E-state index in [0.717, 1.165) is 0 Å². The van der Waals surface area contributed by atoms with Crippen molar-refractivity contribution in [2.45, 2.75) is 45.4 Å². The van der Waals surface area contributed by atoms with Crippen LogP contribution >= 0.6 is 15.9 Å². The Hall–Kier alpha value is -0.300. The maximum absolute atomic E-state index is 3.59. The first-order chi connectivity index (χ1) is 6.50. The number of alkyl halides is 1. The van der Waals surface area contributed by atoms with Crippen LogP contribution in [0.1, 0.15) is 35.6 Å². The van der Waals surface area contributed by atoms with Gasteiger partial charge in [-0.05, 0) is 55.9 Å². The molecule has 0 saturated carbocycles. The fraction of sp³-hybridized carbons (Fsp3) is 0.538. The number of rotatable bonds is 3. The maximum Gasteiger partial charge on any atom is 0.0120 e. The van der Waals surface area contributed by atoms with Gasteiger partial charge in [-0.3, -0.25) is 0 Å². The molecular formula is C13H19Br. The zero-order chi connectivity index (χ0) is 10.7. The molecule has 1 aromatic carbocycles. The summed E-state index contributed by atoms with van der Waals surface area (Å²) in [5.74, 6) is 0. The van der Waals surface area contributed by atoms with E-state index in [1.54, 1.807) is 0 Å². The third-order valence-electron chi connectivity index (χ3n) is 2.76. The van der Waals surface area contributed by atoms with Crippen LogP contribution in [0.2, 0.25) is 0 Å². The quantitative estimate of drug-likeness (QED) is 0.705. The lowest BCUT2D eigenvalue weighted by molar-refractivity contribution is 0.816. The van der Waals surface area contributed by atoms with Crippen molar-refractivity contribution in [1.29, 1.82) is 0 Å². The fourth-order valence-electron chi connectivity index (χ4n) is 1.64. The first kappa shape index (κ1) is 11.8. The van der Waals surface area contributed by atoms with Crippen LogP contribution in [0.15, 0.2) is 12.1 Å². The first-order valence-corrected chi connectivity index (χ1v) is 6.13. The predicted molar refractivity (Wildman–Crippen MR) is 67.4 cm³/mol. The van der Waals surface area contributed by atoms with E-state index in [9.17, 15) is 0 Å². The summed E-state index contributed by atoms with van der Waals surface area (Å²) in [4.78, 5) is 0.614. The van der Waals surface area contributed by atoms with Gasteiger partial charge in [0.05, 0.1) is 0 Å². The molecule has 1 aromatic rings. The minimum absolute atomic E-state index is 0.614. The van der Waals surface area contributed by atoms with Gasteiger partial charge in [0.25, 0.3) is 0 Å². The van der Waals surface area contributed by atoms with Gasteiger partial charge in [0.1, 0.15) is 0 Å². The van der Waals surface area contributed by atoms with Crippen LogP contribution in [-0.4, -0.2) is 4.83 Å². The van der Waals surface area contributed by atoms with Gasteiger partial charge in [-0.15, -0.1) is 0 Å². The summed E-state index contributed by atoms with van der Waals surface area (Å²) in [6.45, 7) is 8.78. The molecule has 0 N–H and O–H groups in total. The average molecular weight is 255 g/mol. The van der Waals surface area contributed by atoms with Crippen LogP contribution in [0, 0.1) is 20.8 Å². The smallest absolute Gasteiger partial charge is 0.0120 e. The summed E-state index contributed by atoms with van der Waals surface area (Å²) >= 11 is 3.59. The summed E-state index contributed by atoms with van der Waals surface area (Å²) in [5, 5.41) is 0. The summed E-state index contributed by atoms with van der Waals surface area (Å²) in [6.07, 6.45) is 2.39. The van der Waals surface area contributed by atoms with Gasteiger partial charge in [-0.1, -0.05) is 35.0 Å². The fourth-order valence-corrected chi connectivity index (χ4v) is 1.87. The molecule has 0 radical (unpaired) electrons. The zero-order valence-corrected chi connectivity index (χ0v) is 11.1. The maximum atomic E-state index is 3.59. The third kappa shape index (κ3) is 3.13. The molecule has 0 bridgehead atoms. The second-order valence-electron chi connectivity index (χ2n) is 4.18. The number of benzene rings is 1. The van der Waals surface area contributed by atoms with Crippen LogP contribution in [-0.2, 0) is 6.42 Å². The molecule has 0 aliphatic rings. The van der Waals surface area contributed by atoms with Gasteiger partial charge in [0, 0.05) is 4.83 Å². The summed E-state index contributed by atoms with van der Waals surface area (Å²) in [6, 6.07) is 4.63. The van der Waals surface area contributed by atoms with Gasteiger partial charge in [0.2, 0.25) is 0 Å². The largest absolute Gasteiger partial charge is 0.0894 e. The van der Waals surface area contributed by atoms with E-state index >= 15 is 0 Å². The van der Waals surface area contributed by atoms with Crippen LogP contribution in [0.5, 0.6) is 0 Å². The van der Waals surface area contributed by atoms with Gasteiger partial charge < -0.3 is 0 Å². The van der Waals surface area contributed by atoms with E-state index in [1.165, 1.54) is 35.1 Å². The molecule has 14 heavy (non-hydrogen) atoms. The number of aryl methyl sites for hydroxylation is 4. The summed E-state index contributed by atoms with van der Waals surface area (Å²) in [7, 11) is 0. The van der Waals surface area contributed by atoms with Gasteiger partial charge in [0.15, 0.2) is 0 Å². The Bertz CT molecular complexity index is 313. The summed E-state index contributed by atoms with van der Waals surface area (Å²) in [5.41, 5.74) is 5.74. The molecule has 0 heterocycles. The lowest BCUT2D eigenvalue weighted by Crippen LogP contribution is -1.98. The predicted octanol–water partition coefficient (Wildman–Crippen LogP) is 4.33. The van der Waals surface area contributed by atoms with E-state index in [0.29, 0.717) is 4.83 Å². The van der Waals surface area contributed by atoms with E-state index < -0.39 is 0 Å². The molecule has 0 aromatic heterocycles. The molecule has 0 spiro atoms. The molecule has 1 unspecified atom stereocenters. The minimum Gasteiger partial charge on any atom is -0.0894 e. The molecule has 1 rings (SSSR count). The van der Waals surface area contributed by atoms with Gasteiger partial charge in [-0.2, -0.15) is 0 Å². The molecule has 0 aliphatic heterocycles.